The van der Waals surface area contributed by atoms with Gasteiger partial charge in [0.2, 0.25) is 0 Å². The van der Waals surface area contributed by atoms with Crippen LogP contribution in [0.4, 0.5) is 0 Å². The molecule has 0 saturated heterocycles. The molecule has 0 amide bonds. The van der Waals surface area contributed by atoms with Crippen molar-refractivity contribution < 1.29 is 0 Å². The van der Waals surface area contributed by atoms with Gasteiger partial charge < -0.3 is 9.13 Å². The Morgan fingerprint density at radius 2 is 1.00 bits per heavy atom. The molecule has 2 unspecified atom stereocenters. The summed E-state index contributed by atoms with van der Waals surface area (Å²) in [4.78, 5) is 10.8. The molecule has 0 aliphatic carbocycles. The van der Waals surface area contributed by atoms with Crippen molar-refractivity contribution >= 4 is 22.1 Å². The largest absolute Gasteiger partial charge is 0.331 e. The molecule has 4 aromatic rings. The van der Waals surface area contributed by atoms with Crippen LogP contribution in [-0.4, -0.2) is 19.1 Å². The van der Waals surface area contributed by atoms with E-state index in [1.165, 1.54) is 11.0 Å². The number of nitrogens with zero attached hydrogens (tertiary/aromatic N) is 4. The summed E-state index contributed by atoms with van der Waals surface area (Å²) in [5.41, 5.74) is 3.44. The van der Waals surface area contributed by atoms with E-state index in [9.17, 15) is 0 Å². The molecule has 0 aliphatic rings. The van der Waals surface area contributed by atoms with E-state index < -0.39 is 0 Å². The molecular formula is C32H46N4. The van der Waals surface area contributed by atoms with Crippen molar-refractivity contribution in [2.24, 2.45) is 30.3 Å². The topological polar surface area (TPSA) is 35.6 Å². The summed E-state index contributed by atoms with van der Waals surface area (Å²) in [6.07, 6.45) is 1.02. The van der Waals surface area contributed by atoms with Crippen LogP contribution in [0.15, 0.2) is 48.5 Å². The normalized spacial score (nSPS) is 16.9. The number of hydrogen-bond acceptors (Lipinski definition) is 2. The van der Waals surface area contributed by atoms with Crippen LogP contribution in [0.5, 0.6) is 0 Å². The van der Waals surface area contributed by atoms with Gasteiger partial charge in [-0.05, 0) is 46.9 Å². The molecule has 2 atom stereocenters. The predicted molar refractivity (Wildman–Crippen MR) is 153 cm³/mol. The number of aromatic nitrogens is 4. The molecule has 4 heteroatoms. The minimum absolute atomic E-state index is 0.00441. The van der Waals surface area contributed by atoms with E-state index in [-0.39, 0.29) is 27.1 Å². The zero-order valence-electron chi connectivity index (χ0n) is 24.6. The molecule has 4 rings (SSSR count). The van der Waals surface area contributed by atoms with Gasteiger partial charge in [0.25, 0.3) is 0 Å². The van der Waals surface area contributed by atoms with Crippen LogP contribution in [0, 0.1) is 16.2 Å². The average Bonchev–Trinajstić information content (AvgIpc) is 3.34. The van der Waals surface area contributed by atoms with Crippen LogP contribution in [0.3, 0.4) is 0 Å². The van der Waals surface area contributed by atoms with Gasteiger partial charge in [0, 0.05) is 24.9 Å². The summed E-state index contributed by atoms with van der Waals surface area (Å²) < 4.78 is 4.68. The fraction of sp³-hybridized carbons (Fsp3) is 0.562. The minimum Gasteiger partial charge on any atom is -0.331 e. The number of benzene rings is 2. The molecule has 2 aromatic carbocycles. The molecule has 2 aromatic heterocycles. The molecule has 0 saturated carbocycles. The number of hydrogen-bond donors (Lipinski definition) is 0. The van der Waals surface area contributed by atoms with Crippen molar-refractivity contribution in [2.45, 2.75) is 86.5 Å². The summed E-state index contributed by atoms with van der Waals surface area (Å²) in [7, 11) is 4.38. The quantitative estimate of drug-likeness (QED) is 0.275. The Morgan fingerprint density at radius 1 is 0.611 bits per heavy atom. The SMILES string of the molecule is CCC(C)(C)C(C)(c1nc2ccccc2n1C)C(C)(c1nc2ccccc2n1C)C(C)(C)C(C)(C)C. The third-order valence-electron chi connectivity index (χ3n) is 10.8. The third-order valence-corrected chi connectivity index (χ3v) is 10.8. The lowest BCUT2D eigenvalue weighted by atomic mass is 9.40. The highest BCUT2D eigenvalue weighted by molar-refractivity contribution is 5.77. The number of rotatable bonds is 6. The van der Waals surface area contributed by atoms with E-state index in [2.05, 4.69) is 141 Å². The molecule has 0 spiro atoms. The van der Waals surface area contributed by atoms with E-state index in [1.54, 1.807) is 0 Å². The van der Waals surface area contributed by atoms with E-state index >= 15 is 0 Å². The van der Waals surface area contributed by atoms with Gasteiger partial charge >= 0.3 is 0 Å². The van der Waals surface area contributed by atoms with Crippen LogP contribution in [0.2, 0.25) is 0 Å². The fourth-order valence-corrected chi connectivity index (χ4v) is 6.62. The maximum absolute atomic E-state index is 5.41. The molecule has 0 fully saturated rings. The lowest BCUT2D eigenvalue weighted by molar-refractivity contribution is -0.0690. The Hall–Kier alpha value is -2.62. The summed E-state index contributed by atoms with van der Waals surface area (Å²) >= 11 is 0. The number of fused-ring (bicyclic) bond motifs is 2. The third kappa shape index (κ3) is 3.25. The van der Waals surface area contributed by atoms with Gasteiger partial charge in [-0.2, -0.15) is 0 Å². The van der Waals surface area contributed by atoms with Crippen LogP contribution < -0.4 is 0 Å². The van der Waals surface area contributed by atoms with E-state index in [0.29, 0.717) is 0 Å². The first-order chi connectivity index (χ1) is 16.6. The van der Waals surface area contributed by atoms with Crippen molar-refractivity contribution in [2.75, 3.05) is 0 Å². The van der Waals surface area contributed by atoms with Crippen LogP contribution in [0.25, 0.3) is 22.1 Å². The molecule has 4 nitrogen and oxygen atoms in total. The monoisotopic (exact) mass is 486 g/mol. The van der Waals surface area contributed by atoms with Crippen molar-refractivity contribution in [1.82, 2.24) is 19.1 Å². The summed E-state index contributed by atoms with van der Waals surface area (Å²) in [6, 6.07) is 17.1. The van der Waals surface area contributed by atoms with Gasteiger partial charge in [-0.25, -0.2) is 9.97 Å². The predicted octanol–water partition coefficient (Wildman–Crippen LogP) is 8.18. The second-order valence-electron chi connectivity index (χ2n) is 13.3. The molecule has 0 N–H and O–H groups in total. The Morgan fingerprint density at radius 3 is 1.36 bits per heavy atom. The lowest BCUT2D eigenvalue weighted by Gasteiger charge is -2.63. The van der Waals surface area contributed by atoms with Crippen LogP contribution in [0.1, 0.15) is 87.3 Å². The highest BCUT2D eigenvalue weighted by atomic mass is 15.1. The van der Waals surface area contributed by atoms with Gasteiger partial charge in [-0.15, -0.1) is 0 Å². The first kappa shape index (κ1) is 26.4. The molecule has 2 heterocycles. The zero-order chi connectivity index (χ0) is 26.9. The Balaban J connectivity index is 2.23. The molecular weight excluding hydrogens is 440 g/mol. The van der Waals surface area contributed by atoms with Crippen molar-refractivity contribution in [3.05, 3.63) is 60.2 Å². The average molecular weight is 487 g/mol. The maximum Gasteiger partial charge on any atom is 0.117 e. The molecule has 194 valence electrons. The highest BCUT2D eigenvalue weighted by Crippen LogP contribution is 2.65. The molecule has 0 radical (unpaired) electrons. The summed E-state index contributed by atoms with van der Waals surface area (Å²) in [6.45, 7) is 24.1. The highest BCUT2D eigenvalue weighted by Gasteiger charge is 2.66. The van der Waals surface area contributed by atoms with E-state index in [4.69, 9.17) is 9.97 Å². The standard InChI is InChI=1S/C32H46N4/c1-13-29(5,6)31(9,26-33-22-18-14-16-20-24(22)35(26)11)32(10,30(7,8)28(2,3)4)27-34-23-19-15-17-21-25(23)36(27)12/h14-21H,13H2,1-12H3. The van der Waals surface area contributed by atoms with Gasteiger partial charge in [0.15, 0.2) is 0 Å². The lowest BCUT2D eigenvalue weighted by Crippen LogP contribution is -2.65. The smallest absolute Gasteiger partial charge is 0.117 e. The first-order valence-corrected chi connectivity index (χ1v) is 13.4. The second-order valence-corrected chi connectivity index (χ2v) is 13.3. The molecule has 0 bridgehead atoms. The van der Waals surface area contributed by atoms with Crippen LogP contribution >= 0.6 is 0 Å². The Kier molecular flexibility index (Phi) is 6.02. The van der Waals surface area contributed by atoms with Crippen molar-refractivity contribution in [3.63, 3.8) is 0 Å². The number of imidazole rings is 2. The fourth-order valence-electron chi connectivity index (χ4n) is 6.62. The zero-order valence-corrected chi connectivity index (χ0v) is 24.6. The number of aryl methyl sites for hydroxylation is 2. The maximum atomic E-state index is 5.41. The summed E-state index contributed by atoms with van der Waals surface area (Å²) in [5, 5.41) is 0. The molecule has 0 aliphatic heterocycles. The summed E-state index contributed by atoms with van der Waals surface area (Å²) in [5.74, 6) is 2.25. The second kappa shape index (κ2) is 8.19. The molecule has 36 heavy (non-hydrogen) atoms. The minimum atomic E-state index is -0.388. The number of para-hydroxylation sites is 4. The van der Waals surface area contributed by atoms with E-state index in [1.807, 2.05) is 0 Å². The Labute approximate surface area is 218 Å². The van der Waals surface area contributed by atoms with Gasteiger partial charge in [0.1, 0.15) is 11.6 Å². The Bertz CT molecular complexity index is 1410. The van der Waals surface area contributed by atoms with Crippen molar-refractivity contribution in [3.8, 4) is 0 Å². The van der Waals surface area contributed by atoms with Gasteiger partial charge in [0.05, 0.1) is 22.1 Å². The van der Waals surface area contributed by atoms with Gasteiger partial charge in [-0.1, -0.05) is 93.5 Å². The van der Waals surface area contributed by atoms with Crippen molar-refractivity contribution in [1.29, 1.82) is 0 Å². The van der Waals surface area contributed by atoms with Crippen LogP contribution in [-0.2, 0) is 24.9 Å². The van der Waals surface area contributed by atoms with Gasteiger partial charge in [-0.3, -0.25) is 0 Å². The van der Waals surface area contributed by atoms with E-state index in [0.717, 1.165) is 29.1 Å². The first-order valence-electron chi connectivity index (χ1n) is 13.4.